The number of imide groups is 1. The quantitative estimate of drug-likeness (QED) is 0.433. The zero-order chi connectivity index (χ0) is 20.3. The molecule has 28 heavy (non-hydrogen) atoms. The van der Waals surface area contributed by atoms with Gasteiger partial charge in [0.15, 0.2) is 5.76 Å². The van der Waals surface area contributed by atoms with E-state index < -0.39 is 24.0 Å². The predicted octanol–water partition coefficient (Wildman–Crippen LogP) is 1.62. The minimum Gasteiger partial charge on any atom is -0.480 e. The van der Waals surface area contributed by atoms with Crippen molar-refractivity contribution in [2.24, 2.45) is 5.73 Å². The van der Waals surface area contributed by atoms with Crippen molar-refractivity contribution < 1.29 is 29.0 Å². The second-order valence-electron chi connectivity index (χ2n) is 6.04. The molecular weight excluding hydrogens is 366 g/mol. The number of carboxylic acid groups (broad SMARTS) is 1. The Balaban J connectivity index is 1.70. The van der Waals surface area contributed by atoms with Crippen LogP contribution in [0.25, 0.3) is 6.08 Å². The molecule has 6 N–H and O–H groups in total. The number of carbonyl (C=O) groups is 3. The fraction of sp³-hybridized carbons (Fsp3) is 0.105. The highest BCUT2D eigenvalue weighted by Gasteiger charge is 2.26. The number of nitrogens with two attached hydrogens (primary N) is 2. The molecule has 144 valence electrons. The molecule has 1 unspecified atom stereocenters. The van der Waals surface area contributed by atoms with E-state index in [-0.39, 0.29) is 12.2 Å². The van der Waals surface area contributed by atoms with Gasteiger partial charge in [0, 0.05) is 0 Å². The summed E-state index contributed by atoms with van der Waals surface area (Å²) in [5, 5.41) is 10.9. The summed E-state index contributed by atoms with van der Waals surface area (Å²) >= 11 is 0. The second-order valence-corrected chi connectivity index (χ2v) is 6.04. The van der Waals surface area contributed by atoms with Crippen LogP contribution in [-0.4, -0.2) is 29.1 Å². The lowest BCUT2D eigenvalue weighted by Crippen LogP contribution is -2.32. The van der Waals surface area contributed by atoms with Crippen LogP contribution in [0.3, 0.4) is 0 Å². The van der Waals surface area contributed by atoms with E-state index in [1.54, 1.807) is 42.5 Å². The topological polar surface area (TPSA) is 154 Å². The summed E-state index contributed by atoms with van der Waals surface area (Å²) in [5.41, 5.74) is 13.1. The van der Waals surface area contributed by atoms with Crippen LogP contribution in [0.5, 0.6) is 11.5 Å². The van der Waals surface area contributed by atoms with Gasteiger partial charge in [0.25, 0.3) is 5.91 Å². The zero-order valence-electron chi connectivity index (χ0n) is 14.5. The summed E-state index contributed by atoms with van der Waals surface area (Å²) in [7, 11) is 0. The third-order valence-corrected chi connectivity index (χ3v) is 3.90. The number of rotatable bonds is 6. The molecule has 0 saturated carbocycles. The molecular formula is C19H17N3O6. The van der Waals surface area contributed by atoms with Crippen LogP contribution >= 0.6 is 0 Å². The fourth-order valence-corrected chi connectivity index (χ4v) is 2.48. The number of nitrogens with one attached hydrogen (secondary N) is 1. The Morgan fingerprint density at radius 3 is 2.50 bits per heavy atom. The Morgan fingerprint density at radius 2 is 1.93 bits per heavy atom. The van der Waals surface area contributed by atoms with Gasteiger partial charge in [0.1, 0.15) is 17.5 Å². The van der Waals surface area contributed by atoms with Crippen molar-refractivity contribution in [1.82, 2.24) is 5.32 Å². The fourth-order valence-electron chi connectivity index (χ4n) is 2.48. The molecule has 3 rings (SSSR count). The van der Waals surface area contributed by atoms with E-state index in [1.807, 2.05) is 5.32 Å². The molecule has 2 aromatic carbocycles. The summed E-state index contributed by atoms with van der Waals surface area (Å²) in [5.74, 6) is -0.896. The van der Waals surface area contributed by atoms with Crippen LogP contribution in [-0.2, 0) is 20.7 Å². The Labute approximate surface area is 159 Å². The first-order valence-electron chi connectivity index (χ1n) is 8.21. The molecule has 1 aliphatic rings. The molecule has 2 amide bonds. The van der Waals surface area contributed by atoms with E-state index in [0.717, 1.165) is 5.56 Å². The van der Waals surface area contributed by atoms with Gasteiger partial charge >= 0.3 is 12.1 Å². The van der Waals surface area contributed by atoms with Crippen molar-refractivity contribution in [3.05, 3.63) is 59.4 Å². The third-order valence-electron chi connectivity index (χ3n) is 3.90. The zero-order valence-corrected chi connectivity index (χ0v) is 14.5. The minimum absolute atomic E-state index is 0.117. The number of hydrogen-bond acceptors (Lipinski definition) is 7. The van der Waals surface area contributed by atoms with E-state index in [1.165, 1.54) is 6.08 Å². The number of alkyl carbamates (subject to hydrolysis) is 1. The molecule has 1 saturated heterocycles. The van der Waals surface area contributed by atoms with E-state index >= 15 is 0 Å². The number of nitrogen functional groups attached to an aromatic ring is 1. The number of cyclic esters (lactones) is 1. The summed E-state index contributed by atoms with van der Waals surface area (Å²) in [6.45, 7) is 0. The first kappa shape index (κ1) is 18.9. The monoisotopic (exact) mass is 383 g/mol. The maximum absolute atomic E-state index is 11.5. The SMILES string of the molecule is Nc1cc(C=C2OC(=O)NC2=O)ccc1Oc1ccc(CC(N)C(=O)O)cc1. The van der Waals surface area contributed by atoms with Gasteiger partial charge in [0.05, 0.1) is 5.69 Å². The van der Waals surface area contributed by atoms with Gasteiger partial charge in [0.2, 0.25) is 0 Å². The predicted molar refractivity (Wildman–Crippen MR) is 99.3 cm³/mol. The molecule has 2 aromatic rings. The molecule has 1 aliphatic heterocycles. The summed E-state index contributed by atoms with van der Waals surface area (Å²) in [6.07, 6.45) is 0.775. The van der Waals surface area contributed by atoms with Crippen LogP contribution in [0, 0.1) is 0 Å². The van der Waals surface area contributed by atoms with Gasteiger partial charge < -0.3 is 26.0 Å². The lowest BCUT2D eigenvalue weighted by atomic mass is 10.1. The molecule has 1 atom stereocenters. The Bertz CT molecular complexity index is 968. The first-order valence-corrected chi connectivity index (χ1v) is 8.21. The maximum atomic E-state index is 11.5. The highest BCUT2D eigenvalue weighted by Crippen LogP contribution is 2.29. The summed E-state index contributed by atoms with van der Waals surface area (Å²) in [6, 6.07) is 10.7. The summed E-state index contributed by atoms with van der Waals surface area (Å²) in [4.78, 5) is 33.3. The Hall–Kier alpha value is -3.85. The number of anilines is 1. The van der Waals surface area contributed by atoms with Gasteiger partial charge in [-0.3, -0.25) is 14.9 Å². The van der Waals surface area contributed by atoms with Crippen molar-refractivity contribution in [1.29, 1.82) is 0 Å². The van der Waals surface area contributed by atoms with Crippen molar-refractivity contribution >= 4 is 29.7 Å². The van der Waals surface area contributed by atoms with E-state index in [9.17, 15) is 14.4 Å². The van der Waals surface area contributed by atoms with Crippen LogP contribution < -0.4 is 21.5 Å². The minimum atomic E-state index is -1.06. The standard InChI is InChI=1S/C19H17N3O6/c20-13-8-11(9-16-17(23)22-19(26)28-16)3-6-15(13)27-12-4-1-10(2-5-12)7-14(21)18(24)25/h1-6,8-9,14H,7,20-21H2,(H,24,25)(H,22,23,26). The Morgan fingerprint density at radius 1 is 1.21 bits per heavy atom. The van der Waals surface area contributed by atoms with Crippen LogP contribution in [0.4, 0.5) is 10.5 Å². The van der Waals surface area contributed by atoms with Crippen molar-refractivity contribution in [2.45, 2.75) is 12.5 Å². The largest absolute Gasteiger partial charge is 0.480 e. The number of benzene rings is 2. The molecule has 0 aromatic heterocycles. The molecule has 9 nitrogen and oxygen atoms in total. The molecule has 1 fully saturated rings. The normalized spacial score (nSPS) is 15.8. The lowest BCUT2D eigenvalue weighted by Gasteiger charge is -2.11. The molecule has 1 heterocycles. The number of amides is 2. The third kappa shape index (κ3) is 4.46. The Kier molecular flexibility index (Phi) is 5.28. The molecule has 0 radical (unpaired) electrons. The molecule has 9 heteroatoms. The smallest absolute Gasteiger partial charge is 0.419 e. The van der Waals surface area contributed by atoms with Crippen molar-refractivity contribution in [3.8, 4) is 11.5 Å². The van der Waals surface area contributed by atoms with E-state index in [4.69, 9.17) is 26.0 Å². The number of ether oxygens (including phenoxy) is 2. The highest BCUT2D eigenvalue weighted by molar-refractivity contribution is 6.09. The molecule has 0 spiro atoms. The van der Waals surface area contributed by atoms with E-state index in [2.05, 4.69) is 0 Å². The van der Waals surface area contributed by atoms with Crippen LogP contribution in [0.2, 0.25) is 0 Å². The van der Waals surface area contributed by atoms with Gasteiger partial charge in [-0.1, -0.05) is 18.2 Å². The van der Waals surface area contributed by atoms with Gasteiger partial charge in [-0.25, -0.2) is 4.79 Å². The van der Waals surface area contributed by atoms with Crippen molar-refractivity contribution in [3.63, 3.8) is 0 Å². The summed E-state index contributed by atoms with van der Waals surface area (Å²) < 4.78 is 10.5. The average molecular weight is 383 g/mol. The maximum Gasteiger partial charge on any atom is 0.419 e. The second kappa shape index (κ2) is 7.80. The van der Waals surface area contributed by atoms with Gasteiger partial charge in [-0.2, -0.15) is 0 Å². The van der Waals surface area contributed by atoms with Gasteiger partial charge in [-0.15, -0.1) is 0 Å². The number of carboxylic acids is 1. The highest BCUT2D eigenvalue weighted by atomic mass is 16.6. The molecule has 0 bridgehead atoms. The van der Waals surface area contributed by atoms with Crippen molar-refractivity contribution in [2.75, 3.05) is 5.73 Å². The number of aliphatic carboxylic acids is 1. The molecule has 0 aliphatic carbocycles. The first-order chi connectivity index (χ1) is 13.3. The number of carbonyl (C=O) groups excluding carboxylic acids is 2. The van der Waals surface area contributed by atoms with Crippen LogP contribution in [0.1, 0.15) is 11.1 Å². The lowest BCUT2D eigenvalue weighted by molar-refractivity contribution is -0.138. The average Bonchev–Trinajstić information content (AvgIpc) is 2.96. The number of hydrogen-bond donors (Lipinski definition) is 4. The van der Waals surface area contributed by atoms with Crippen LogP contribution in [0.15, 0.2) is 48.2 Å². The van der Waals surface area contributed by atoms with E-state index in [0.29, 0.717) is 22.7 Å². The van der Waals surface area contributed by atoms with Gasteiger partial charge in [-0.05, 0) is 47.9 Å².